The second-order valence-corrected chi connectivity index (χ2v) is 8.05. The van der Waals surface area contributed by atoms with Crippen molar-refractivity contribution in [3.8, 4) is 33.9 Å². The molecule has 0 saturated carbocycles. The van der Waals surface area contributed by atoms with E-state index < -0.39 is 0 Å². The fourth-order valence-corrected chi connectivity index (χ4v) is 4.05. The van der Waals surface area contributed by atoms with E-state index in [1.165, 1.54) is 0 Å². The number of H-pyrrole nitrogens is 2. The first-order chi connectivity index (χ1) is 17.2. The Labute approximate surface area is 199 Å². The van der Waals surface area contributed by atoms with E-state index in [0.29, 0.717) is 17.8 Å². The molecular weight excluding hydrogens is 440 g/mol. The normalized spacial score (nSPS) is 11.2. The first-order valence-electron chi connectivity index (χ1n) is 11.2. The summed E-state index contributed by atoms with van der Waals surface area (Å²) in [6.45, 7) is 1.81. The summed E-state index contributed by atoms with van der Waals surface area (Å²) in [5.41, 5.74) is 7.78. The van der Waals surface area contributed by atoms with Crippen LogP contribution in [0, 0.1) is 0 Å². The highest BCUT2D eigenvalue weighted by Gasteiger charge is 2.16. The van der Waals surface area contributed by atoms with Crippen molar-refractivity contribution in [2.45, 2.75) is 13.3 Å². The third-order valence-electron chi connectivity index (χ3n) is 5.77. The number of pyridine rings is 4. The zero-order valence-corrected chi connectivity index (χ0v) is 18.8. The molecule has 0 aliphatic heterocycles. The molecule has 0 radical (unpaired) electrons. The second kappa shape index (κ2) is 8.45. The van der Waals surface area contributed by atoms with Crippen LogP contribution in [0.5, 0.6) is 0 Å². The minimum atomic E-state index is -0.0676. The summed E-state index contributed by atoms with van der Waals surface area (Å²) in [4.78, 5) is 33.3. The van der Waals surface area contributed by atoms with Crippen LogP contribution < -0.4 is 5.32 Å². The summed E-state index contributed by atoms with van der Waals surface area (Å²) < 4.78 is 0. The molecule has 0 saturated heterocycles. The lowest BCUT2D eigenvalue weighted by Gasteiger charge is -2.06. The summed E-state index contributed by atoms with van der Waals surface area (Å²) >= 11 is 0. The number of carbonyl (C=O) groups is 1. The third kappa shape index (κ3) is 3.78. The Hall–Kier alpha value is -4.92. The van der Waals surface area contributed by atoms with Crippen LogP contribution in [0.15, 0.2) is 73.3 Å². The Bertz CT molecular complexity index is 1690. The van der Waals surface area contributed by atoms with Gasteiger partial charge in [0, 0.05) is 41.5 Å². The van der Waals surface area contributed by atoms with Crippen LogP contribution in [-0.4, -0.2) is 41.0 Å². The minimum absolute atomic E-state index is 0.0676. The van der Waals surface area contributed by atoms with E-state index in [1.54, 1.807) is 31.7 Å². The molecule has 3 N–H and O–H groups in total. The number of aromatic amines is 2. The molecule has 6 aromatic heterocycles. The van der Waals surface area contributed by atoms with Gasteiger partial charge in [0.15, 0.2) is 0 Å². The number of anilines is 1. The van der Waals surface area contributed by atoms with Gasteiger partial charge in [0.1, 0.15) is 16.9 Å². The predicted octanol–water partition coefficient (Wildman–Crippen LogP) is 4.97. The van der Waals surface area contributed by atoms with Crippen LogP contribution in [-0.2, 0) is 4.79 Å². The Kier molecular flexibility index (Phi) is 4.99. The Morgan fingerprint density at radius 1 is 1.00 bits per heavy atom. The maximum Gasteiger partial charge on any atom is 0.224 e. The lowest BCUT2D eigenvalue weighted by Crippen LogP contribution is -2.09. The molecule has 0 atom stereocenters. The van der Waals surface area contributed by atoms with Crippen molar-refractivity contribution in [2.75, 3.05) is 5.32 Å². The SMILES string of the molecule is CCC(=O)Nc1cncc(-c2ccc3[nH]nc(-c4cc5c(-c6ccccn6)ccnc5[nH]4)c3n2)c1. The molecule has 35 heavy (non-hydrogen) atoms. The number of hydrogen-bond donors (Lipinski definition) is 3. The first kappa shape index (κ1) is 20.7. The molecule has 9 nitrogen and oxygen atoms in total. The van der Waals surface area contributed by atoms with Crippen molar-refractivity contribution in [1.82, 2.24) is 35.1 Å². The van der Waals surface area contributed by atoms with Gasteiger partial charge in [0.05, 0.1) is 34.5 Å². The van der Waals surface area contributed by atoms with Gasteiger partial charge in [-0.15, -0.1) is 0 Å². The van der Waals surface area contributed by atoms with Gasteiger partial charge in [-0.05, 0) is 42.5 Å². The van der Waals surface area contributed by atoms with E-state index >= 15 is 0 Å². The number of hydrogen-bond acceptors (Lipinski definition) is 6. The molecule has 0 aliphatic rings. The van der Waals surface area contributed by atoms with E-state index in [0.717, 1.165) is 50.3 Å². The quantitative estimate of drug-likeness (QED) is 0.333. The van der Waals surface area contributed by atoms with Gasteiger partial charge in [-0.1, -0.05) is 13.0 Å². The van der Waals surface area contributed by atoms with E-state index in [9.17, 15) is 4.79 Å². The molecule has 0 aliphatic carbocycles. The van der Waals surface area contributed by atoms with Gasteiger partial charge in [0.25, 0.3) is 0 Å². The molecule has 0 spiro atoms. The molecule has 0 bridgehead atoms. The van der Waals surface area contributed by atoms with Crippen molar-refractivity contribution in [3.63, 3.8) is 0 Å². The zero-order valence-electron chi connectivity index (χ0n) is 18.8. The van der Waals surface area contributed by atoms with Gasteiger partial charge < -0.3 is 10.3 Å². The lowest BCUT2D eigenvalue weighted by molar-refractivity contribution is -0.115. The molecule has 1 amide bonds. The van der Waals surface area contributed by atoms with Crippen molar-refractivity contribution < 1.29 is 4.79 Å². The fraction of sp³-hybridized carbons (Fsp3) is 0.0769. The number of fused-ring (bicyclic) bond motifs is 2. The summed E-state index contributed by atoms with van der Waals surface area (Å²) in [5.74, 6) is -0.0676. The maximum absolute atomic E-state index is 11.8. The summed E-state index contributed by atoms with van der Waals surface area (Å²) in [6, 6.07) is 15.5. The predicted molar refractivity (Wildman–Crippen MR) is 134 cm³/mol. The number of carbonyl (C=O) groups excluding carboxylic acids is 1. The molecule has 6 rings (SSSR count). The van der Waals surface area contributed by atoms with E-state index in [-0.39, 0.29) is 5.91 Å². The lowest BCUT2D eigenvalue weighted by atomic mass is 10.1. The first-order valence-corrected chi connectivity index (χ1v) is 11.2. The van der Waals surface area contributed by atoms with Crippen LogP contribution in [0.2, 0.25) is 0 Å². The molecule has 6 aromatic rings. The largest absolute Gasteiger partial charge is 0.338 e. The highest BCUT2D eigenvalue weighted by atomic mass is 16.1. The Morgan fingerprint density at radius 3 is 2.80 bits per heavy atom. The van der Waals surface area contributed by atoms with Gasteiger partial charge in [-0.2, -0.15) is 5.10 Å². The fourth-order valence-electron chi connectivity index (χ4n) is 4.05. The van der Waals surface area contributed by atoms with Crippen molar-refractivity contribution in [1.29, 1.82) is 0 Å². The average Bonchev–Trinajstić information content (AvgIpc) is 3.53. The number of rotatable bonds is 5. The van der Waals surface area contributed by atoms with Crippen LogP contribution in [0.3, 0.4) is 0 Å². The molecule has 9 heteroatoms. The van der Waals surface area contributed by atoms with Crippen LogP contribution >= 0.6 is 0 Å². The number of nitrogens with one attached hydrogen (secondary N) is 3. The second-order valence-electron chi connectivity index (χ2n) is 8.05. The highest BCUT2D eigenvalue weighted by Crippen LogP contribution is 2.32. The summed E-state index contributed by atoms with van der Waals surface area (Å²) in [6.07, 6.45) is 7.29. The van der Waals surface area contributed by atoms with Crippen LogP contribution in [0.4, 0.5) is 5.69 Å². The third-order valence-corrected chi connectivity index (χ3v) is 5.77. The molecule has 170 valence electrons. The molecule has 0 aromatic carbocycles. The Balaban J connectivity index is 1.43. The zero-order chi connectivity index (χ0) is 23.8. The van der Waals surface area contributed by atoms with Gasteiger partial charge in [0.2, 0.25) is 5.91 Å². The highest BCUT2D eigenvalue weighted by molar-refractivity contribution is 5.98. The van der Waals surface area contributed by atoms with Crippen molar-refractivity contribution in [3.05, 3.63) is 73.3 Å². The topological polar surface area (TPSA) is 125 Å². The van der Waals surface area contributed by atoms with Crippen LogP contribution in [0.25, 0.3) is 56.0 Å². The number of aromatic nitrogens is 7. The van der Waals surface area contributed by atoms with Crippen molar-refractivity contribution >= 4 is 33.7 Å². The van der Waals surface area contributed by atoms with Crippen molar-refractivity contribution in [2.24, 2.45) is 0 Å². The number of amides is 1. The van der Waals surface area contributed by atoms with Gasteiger partial charge in [-0.3, -0.25) is 19.9 Å². The molecule has 0 unspecified atom stereocenters. The molecule has 0 fully saturated rings. The van der Waals surface area contributed by atoms with E-state index in [1.807, 2.05) is 48.5 Å². The molecular formula is C26H20N8O. The monoisotopic (exact) mass is 460 g/mol. The Morgan fingerprint density at radius 2 is 1.94 bits per heavy atom. The summed E-state index contributed by atoms with van der Waals surface area (Å²) in [5, 5.41) is 11.4. The van der Waals surface area contributed by atoms with Gasteiger partial charge >= 0.3 is 0 Å². The van der Waals surface area contributed by atoms with E-state index in [2.05, 4.69) is 35.5 Å². The summed E-state index contributed by atoms with van der Waals surface area (Å²) in [7, 11) is 0. The molecule has 6 heterocycles. The number of nitrogens with zero attached hydrogens (tertiary/aromatic N) is 5. The van der Waals surface area contributed by atoms with Crippen LogP contribution in [0.1, 0.15) is 13.3 Å². The average molecular weight is 461 g/mol. The maximum atomic E-state index is 11.8. The van der Waals surface area contributed by atoms with E-state index in [4.69, 9.17) is 4.98 Å². The standard InChI is InChI=1S/C26H20N8O/c1-2-23(35)30-16-11-15(13-27-14-16)19-6-7-21-24(31-19)25(34-33-21)22-12-18-17(8-10-29-26(18)32-22)20-5-3-4-9-28-20/h3-14H,2H2,1H3,(H,29,32)(H,30,35)(H,33,34). The van der Waals surface area contributed by atoms with Gasteiger partial charge in [-0.25, -0.2) is 9.97 Å². The minimum Gasteiger partial charge on any atom is -0.338 e. The smallest absolute Gasteiger partial charge is 0.224 e.